The van der Waals surface area contributed by atoms with Crippen LogP contribution in [0.4, 0.5) is 0 Å². The normalized spacial score (nSPS) is 16.3. The Morgan fingerprint density at radius 2 is 1.30 bits per heavy atom. The second-order valence-corrected chi connectivity index (χ2v) is 14.1. The number of allylic oxidation sites excluding steroid dienone is 2. The molecule has 7 aromatic carbocycles. The lowest BCUT2D eigenvalue weighted by Crippen LogP contribution is -2.16. The molecule has 0 amide bonds. The second kappa shape index (κ2) is 10.8. The molecule has 4 heterocycles. The first-order valence-electron chi connectivity index (χ1n) is 18.2. The molecule has 0 saturated carbocycles. The van der Waals surface area contributed by atoms with Crippen LogP contribution in [0, 0.1) is 0 Å². The molecule has 2 atom stereocenters. The van der Waals surface area contributed by atoms with Crippen molar-refractivity contribution in [2.45, 2.75) is 12.0 Å². The standard InChI is InChI=1S/C48H30N4O/c1-2-14-32(15-3-1)51-39-20-10-7-16-33(39)34-24-26-40-43(46(34)51)37-25-27-42-44(36-18-8-11-21-41(36)53-42)47(37)52(40)48-49-38-19-9-6-17-35(38)45(50-48)31-23-22-29-12-4-5-13-30(29)28-31/h1-28,36,41H. The summed E-state index contributed by atoms with van der Waals surface area (Å²) in [5, 5.41) is 8.16. The summed E-state index contributed by atoms with van der Waals surface area (Å²) in [5.74, 6) is 1.61. The lowest BCUT2D eigenvalue weighted by Gasteiger charge is -2.16. The predicted molar refractivity (Wildman–Crippen MR) is 217 cm³/mol. The average molecular weight is 679 g/mol. The van der Waals surface area contributed by atoms with Crippen molar-refractivity contribution in [1.82, 2.24) is 19.1 Å². The highest BCUT2D eigenvalue weighted by atomic mass is 16.5. The minimum atomic E-state index is -0.0615. The predicted octanol–water partition coefficient (Wildman–Crippen LogP) is 11.6. The maximum atomic E-state index is 6.64. The first-order chi connectivity index (χ1) is 26.3. The van der Waals surface area contributed by atoms with Gasteiger partial charge in [-0.3, -0.25) is 4.57 Å². The van der Waals surface area contributed by atoms with Gasteiger partial charge in [-0.05, 0) is 65.4 Å². The van der Waals surface area contributed by atoms with E-state index in [2.05, 4.69) is 179 Å². The number of ether oxygens (including phenoxy) is 1. The molecule has 0 fully saturated rings. The fourth-order valence-electron chi connectivity index (χ4n) is 8.96. The van der Waals surface area contributed by atoms with Crippen LogP contribution in [0.5, 0.6) is 5.75 Å². The molecule has 0 saturated heterocycles. The van der Waals surface area contributed by atoms with Gasteiger partial charge in [0.1, 0.15) is 11.9 Å². The summed E-state index contributed by atoms with van der Waals surface area (Å²) in [6.07, 6.45) is 8.61. The van der Waals surface area contributed by atoms with Crippen LogP contribution in [0.3, 0.4) is 0 Å². The van der Waals surface area contributed by atoms with Crippen molar-refractivity contribution in [2.75, 3.05) is 0 Å². The molecular formula is C48H30N4O. The molecule has 0 bridgehead atoms. The molecule has 1 aliphatic carbocycles. The summed E-state index contributed by atoms with van der Waals surface area (Å²) in [4.78, 5) is 10.9. The molecular weight excluding hydrogens is 649 g/mol. The zero-order valence-electron chi connectivity index (χ0n) is 28.5. The van der Waals surface area contributed by atoms with Crippen LogP contribution in [0.2, 0.25) is 0 Å². The number of nitrogens with zero attached hydrogens (tertiary/aromatic N) is 4. The fraction of sp³-hybridized carbons (Fsp3) is 0.0417. The molecule has 10 aromatic rings. The van der Waals surface area contributed by atoms with E-state index in [9.17, 15) is 0 Å². The molecule has 5 heteroatoms. The summed E-state index contributed by atoms with van der Waals surface area (Å²) >= 11 is 0. The highest BCUT2D eigenvalue weighted by molar-refractivity contribution is 6.26. The molecule has 0 radical (unpaired) electrons. The van der Waals surface area contributed by atoms with Gasteiger partial charge in [0, 0.05) is 49.7 Å². The van der Waals surface area contributed by atoms with E-state index in [1.165, 1.54) is 43.5 Å². The van der Waals surface area contributed by atoms with Gasteiger partial charge < -0.3 is 9.30 Å². The minimum Gasteiger partial charge on any atom is -0.485 e. The van der Waals surface area contributed by atoms with E-state index in [0.717, 1.165) is 50.0 Å². The number of aromatic nitrogens is 4. The van der Waals surface area contributed by atoms with Crippen molar-refractivity contribution in [3.8, 4) is 28.6 Å². The minimum absolute atomic E-state index is 0.0615. The third-order valence-electron chi connectivity index (χ3n) is 11.2. The Hall–Kier alpha value is -6.98. The highest BCUT2D eigenvalue weighted by Crippen LogP contribution is 2.50. The molecule has 5 nitrogen and oxygen atoms in total. The van der Waals surface area contributed by atoms with Gasteiger partial charge in [0.2, 0.25) is 5.95 Å². The van der Waals surface area contributed by atoms with Crippen LogP contribution < -0.4 is 4.74 Å². The van der Waals surface area contributed by atoms with Crippen LogP contribution in [-0.2, 0) is 0 Å². The van der Waals surface area contributed by atoms with Gasteiger partial charge in [0.25, 0.3) is 0 Å². The summed E-state index contributed by atoms with van der Waals surface area (Å²) in [6, 6.07) is 51.9. The number of para-hydroxylation sites is 3. The number of fused-ring (bicyclic) bond motifs is 13. The van der Waals surface area contributed by atoms with Gasteiger partial charge in [0.05, 0.1) is 33.3 Å². The smallest absolute Gasteiger partial charge is 0.235 e. The summed E-state index contributed by atoms with van der Waals surface area (Å²) in [7, 11) is 0. The van der Waals surface area contributed by atoms with Gasteiger partial charge in [-0.2, -0.15) is 0 Å². The van der Waals surface area contributed by atoms with Gasteiger partial charge >= 0.3 is 0 Å². The molecule has 1 aliphatic heterocycles. The lowest BCUT2D eigenvalue weighted by atomic mass is 9.90. The zero-order chi connectivity index (χ0) is 34.6. The molecule has 2 aliphatic rings. The maximum absolute atomic E-state index is 6.64. The fourth-order valence-corrected chi connectivity index (χ4v) is 8.96. The molecule has 0 spiro atoms. The van der Waals surface area contributed by atoms with E-state index in [0.29, 0.717) is 5.95 Å². The van der Waals surface area contributed by atoms with Gasteiger partial charge in [-0.25, -0.2) is 9.97 Å². The van der Waals surface area contributed by atoms with Gasteiger partial charge in [0.15, 0.2) is 0 Å². The number of hydrogen-bond acceptors (Lipinski definition) is 3. The number of rotatable bonds is 3. The highest BCUT2D eigenvalue weighted by Gasteiger charge is 2.36. The van der Waals surface area contributed by atoms with Gasteiger partial charge in [-0.1, -0.05) is 115 Å². The lowest BCUT2D eigenvalue weighted by molar-refractivity contribution is 0.269. The maximum Gasteiger partial charge on any atom is 0.235 e. The van der Waals surface area contributed by atoms with E-state index in [1.807, 2.05) is 0 Å². The van der Waals surface area contributed by atoms with Gasteiger partial charge in [-0.15, -0.1) is 0 Å². The van der Waals surface area contributed by atoms with E-state index in [-0.39, 0.29) is 12.0 Å². The van der Waals surface area contributed by atoms with E-state index in [4.69, 9.17) is 14.7 Å². The first-order valence-corrected chi connectivity index (χ1v) is 18.2. The van der Waals surface area contributed by atoms with Crippen LogP contribution >= 0.6 is 0 Å². The largest absolute Gasteiger partial charge is 0.485 e. The summed E-state index contributed by atoms with van der Waals surface area (Å²) in [5.41, 5.74) is 9.65. The summed E-state index contributed by atoms with van der Waals surface area (Å²) < 4.78 is 11.4. The Balaban J connectivity index is 1.26. The molecule has 12 rings (SSSR count). The average Bonchev–Trinajstić information content (AvgIpc) is 3.88. The second-order valence-electron chi connectivity index (χ2n) is 14.1. The van der Waals surface area contributed by atoms with Crippen molar-refractivity contribution in [3.63, 3.8) is 0 Å². The van der Waals surface area contributed by atoms with E-state index in [1.54, 1.807) is 0 Å². The Kier molecular flexibility index (Phi) is 5.83. The summed E-state index contributed by atoms with van der Waals surface area (Å²) in [6.45, 7) is 0. The van der Waals surface area contributed by atoms with Crippen molar-refractivity contribution >= 4 is 65.3 Å². The third kappa shape index (κ3) is 4.02. The Bertz CT molecular complexity index is 3220. The Morgan fingerprint density at radius 3 is 2.23 bits per heavy atom. The molecule has 248 valence electrons. The SMILES string of the molecule is C1=CC2Oc3ccc4c5c(ccc6c7ccccc7n(-c7ccccc7)c65)n(-c5nc(-c6ccc7ccccc7c6)c6ccccc6n5)c4c3C2C=C1. The number of benzene rings is 7. The topological polar surface area (TPSA) is 44.9 Å². The third-order valence-corrected chi connectivity index (χ3v) is 11.2. The number of hydrogen-bond donors (Lipinski definition) is 0. The van der Waals surface area contributed by atoms with E-state index < -0.39 is 0 Å². The van der Waals surface area contributed by atoms with E-state index >= 15 is 0 Å². The Morgan fingerprint density at radius 1 is 0.528 bits per heavy atom. The zero-order valence-corrected chi connectivity index (χ0v) is 28.5. The first kappa shape index (κ1) is 28.7. The van der Waals surface area contributed by atoms with Crippen molar-refractivity contribution in [3.05, 3.63) is 175 Å². The van der Waals surface area contributed by atoms with Crippen molar-refractivity contribution in [2.24, 2.45) is 0 Å². The molecule has 0 N–H and O–H groups in total. The Labute approximate surface area is 304 Å². The quantitative estimate of drug-likeness (QED) is 0.187. The van der Waals surface area contributed by atoms with Crippen LogP contribution in [0.15, 0.2) is 170 Å². The monoisotopic (exact) mass is 678 g/mol. The molecule has 3 aromatic heterocycles. The van der Waals surface area contributed by atoms with Crippen LogP contribution in [-0.4, -0.2) is 25.2 Å². The van der Waals surface area contributed by atoms with Crippen LogP contribution in [0.1, 0.15) is 11.5 Å². The molecule has 53 heavy (non-hydrogen) atoms. The van der Waals surface area contributed by atoms with Crippen LogP contribution in [0.25, 0.3) is 88.2 Å². The molecule has 2 unspecified atom stereocenters. The van der Waals surface area contributed by atoms with Crippen molar-refractivity contribution in [1.29, 1.82) is 0 Å². The van der Waals surface area contributed by atoms with Crippen molar-refractivity contribution < 1.29 is 4.74 Å².